The number of nitrogens with zero attached hydrogens (tertiary/aromatic N) is 2. The highest BCUT2D eigenvalue weighted by Crippen LogP contribution is 2.20. The molecule has 0 saturated heterocycles. The summed E-state index contributed by atoms with van der Waals surface area (Å²) in [4.78, 5) is 4.04. The third-order valence-electron chi connectivity index (χ3n) is 4.25. The number of aliphatic hydroxyl groups is 2. The van der Waals surface area contributed by atoms with Crippen molar-refractivity contribution in [2.24, 2.45) is 0 Å². The monoisotopic (exact) mass is 426 g/mol. The second kappa shape index (κ2) is 14.8. The number of rotatable bonds is 10. The summed E-state index contributed by atoms with van der Waals surface area (Å²) in [5.74, 6) is 0.648. The molecule has 0 radical (unpaired) electrons. The second-order valence-electron chi connectivity index (χ2n) is 6.74. The molecule has 0 aliphatic heterocycles. The topological polar surface area (TPSA) is 46.9 Å². The predicted molar refractivity (Wildman–Crippen MR) is 119 cm³/mol. The summed E-state index contributed by atoms with van der Waals surface area (Å²) in [5, 5.41) is 18.5. The SMILES string of the molecule is CN(CCCl)CC(Cl)c1ccccc1.CN(CCO)CC(O)c1ccccc1. The van der Waals surface area contributed by atoms with Crippen LogP contribution < -0.4 is 0 Å². The lowest BCUT2D eigenvalue weighted by Crippen LogP contribution is -2.27. The highest BCUT2D eigenvalue weighted by atomic mass is 35.5. The van der Waals surface area contributed by atoms with Gasteiger partial charge in [0.05, 0.1) is 18.1 Å². The molecule has 2 N–H and O–H groups in total. The van der Waals surface area contributed by atoms with E-state index in [1.54, 1.807) is 0 Å². The third-order valence-corrected chi connectivity index (χ3v) is 4.81. The summed E-state index contributed by atoms with van der Waals surface area (Å²) in [6.45, 7) is 2.96. The summed E-state index contributed by atoms with van der Waals surface area (Å²) in [6.07, 6.45) is -0.479. The third kappa shape index (κ3) is 10.4. The first-order valence-corrected chi connectivity index (χ1v) is 10.4. The van der Waals surface area contributed by atoms with E-state index in [4.69, 9.17) is 28.3 Å². The quantitative estimate of drug-likeness (QED) is 0.567. The van der Waals surface area contributed by atoms with Crippen molar-refractivity contribution in [2.45, 2.75) is 11.5 Å². The molecular weight excluding hydrogens is 395 g/mol. The van der Waals surface area contributed by atoms with Gasteiger partial charge in [-0.25, -0.2) is 0 Å². The van der Waals surface area contributed by atoms with Crippen LogP contribution in [0.25, 0.3) is 0 Å². The first kappa shape index (κ1) is 24.9. The van der Waals surface area contributed by atoms with Crippen molar-refractivity contribution < 1.29 is 10.2 Å². The molecule has 2 unspecified atom stereocenters. The van der Waals surface area contributed by atoms with Gasteiger partial charge in [0.25, 0.3) is 0 Å². The Hall–Kier alpha value is -1.14. The Morgan fingerprint density at radius 2 is 1.32 bits per heavy atom. The van der Waals surface area contributed by atoms with Crippen molar-refractivity contribution in [1.82, 2.24) is 9.80 Å². The maximum Gasteiger partial charge on any atom is 0.0916 e. The molecule has 2 rings (SSSR count). The van der Waals surface area contributed by atoms with Gasteiger partial charge in [-0.05, 0) is 25.2 Å². The highest BCUT2D eigenvalue weighted by molar-refractivity contribution is 6.21. The minimum Gasteiger partial charge on any atom is -0.395 e. The van der Waals surface area contributed by atoms with Crippen LogP contribution >= 0.6 is 23.2 Å². The number of aliphatic hydroxyl groups excluding tert-OH is 2. The number of likely N-dealkylation sites (N-methyl/N-ethyl adjacent to an activating group) is 2. The van der Waals surface area contributed by atoms with Crippen LogP contribution in [0.15, 0.2) is 60.7 Å². The summed E-state index contributed by atoms with van der Waals surface area (Å²) < 4.78 is 0. The smallest absolute Gasteiger partial charge is 0.0916 e. The van der Waals surface area contributed by atoms with Crippen LogP contribution in [0.2, 0.25) is 0 Å². The highest BCUT2D eigenvalue weighted by Gasteiger charge is 2.10. The van der Waals surface area contributed by atoms with Crippen LogP contribution in [0.3, 0.4) is 0 Å². The Balaban J connectivity index is 0.000000280. The molecular formula is C22H32Cl2N2O2. The van der Waals surface area contributed by atoms with Crippen LogP contribution in [-0.4, -0.2) is 72.8 Å². The van der Waals surface area contributed by atoms with E-state index < -0.39 is 6.10 Å². The van der Waals surface area contributed by atoms with Gasteiger partial charge in [-0.1, -0.05) is 60.7 Å². The second-order valence-corrected chi connectivity index (χ2v) is 7.65. The molecule has 4 nitrogen and oxygen atoms in total. The van der Waals surface area contributed by atoms with Gasteiger partial charge in [0.2, 0.25) is 0 Å². The van der Waals surface area contributed by atoms with Gasteiger partial charge in [0.1, 0.15) is 0 Å². The van der Waals surface area contributed by atoms with Crippen LogP contribution in [-0.2, 0) is 0 Å². The van der Waals surface area contributed by atoms with Crippen LogP contribution in [0.5, 0.6) is 0 Å². The van der Waals surface area contributed by atoms with Crippen molar-refractivity contribution in [3.63, 3.8) is 0 Å². The number of benzene rings is 2. The van der Waals surface area contributed by atoms with Gasteiger partial charge >= 0.3 is 0 Å². The van der Waals surface area contributed by atoms with E-state index in [-0.39, 0.29) is 12.0 Å². The van der Waals surface area contributed by atoms with Crippen LogP contribution in [0.4, 0.5) is 0 Å². The molecule has 0 spiro atoms. The Labute approximate surface area is 179 Å². The molecule has 0 fully saturated rings. The lowest BCUT2D eigenvalue weighted by molar-refractivity contribution is 0.115. The Kier molecular flexibility index (Phi) is 13.2. The van der Waals surface area contributed by atoms with Crippen molar-refractivity contribution in [3.05, 3.63) is 71.8 Å². The first-order chi connectivity index (χ1) is 13.5. The van der Waals surface area contributed by atoms with Gasteiger partial charge in [-0.3, -0.25) is 0 Å². The van der Waals surface area contributed by atoms with Gasteiger partial charge < -0.3 is 20.0 Å². The fourth-order valence-electron chi connectivity index (χ4n) is 2.61. The zero-order valence-electron chi connectivity index (χ0n) is 16.7. The maximum atomic E-state index is 9.79. The molecule has 0 amide bonds. The van der Waals surface area contributed by atoms with Crippen LogP contribution in [0.1, 0.15) is 22.6 Å². The van der Waals surface area contributed by atoms with E-state index >= 15 is 0 Å². The van der Waals surface area contributed by atoms with Gasteiger partial charge in [0, 0.05) is 32.1 Å². The Morgan fingerprint density at radius 1 is 0.821 bits per heavy atom. The minimum absolute atomic E-state index is 0.0458. The average molecular weight is 427 g/mol. The molecule has 0 heterocycles. The molecule has 0 bridgehead atoms. The molecule has 156 valence electrons. The Bertz CT molecular complexity index is 561. The fraction of sp³-hybridized carbons (Fsp3) is 0.455. The van der Waals surface area contributed by atoms with E-state index in [1.165, 1.54) is 0 Å². The van der Waals surface area contributed by atoms with Gasteiger partial charge in [-0.15, -0.1) is 23.2 Å². The molecule has 6 heteroatoms. The largest absolute Gasteiger partial charge is 0.395 e. The van der Waals surface area contributed by atoms with Crippen LogP contribution in [0, 0.1) is 0 Å². The van der Waals surface area contributed by atoms with Gasteiger partial charge in [-0.2, -0.15) is 0 Å². The van der Waals surface area contributed by atoms with Crippen molar-refractivity contribution in [2.75, 3.05) is 52.8 Å². The average Bonchev–Trinajstić information content (AvgIpc) is 2.70. The molecule has 0 saturated carbocycles. The summed E-state index contributed by atoms with van der Waals surface area (Å²) in [7, 11) is 3.91. The molecule has 2 aromatic rings. The maximum absolute atomic E-state index is 9.79. The number of halogens is 2. The molecule has 2 atom stereocenters. The number of alkyl halides is 2. The Morgan fingerprint density at radius 3 is 1.82 bits per heavy atom. The van der Waals surface area contributed by atoms with Crippen molar-refractivity contribution in [1.29, 1.82) is 0 Å². The first-order valence-electron chi connectivity index (χ1n) is 9.43. The standard InChI is InChI=1S/C11H15Cl2N.C11H17NO2/c1-14(8-7-12)9-11(13)10-5-3-2-4-6-10;1-12(7-8-13)9-11(14)10-5-3-2-4-6-10/h2-6,11H,7-9H2,1H3;2-6,11,13-14H,7-9H2,1H3. The van der Waals surface area contributed by atoms with E-state index in [2.05, 4.69) is 4.90 Å². The van der Waals surface area contributed by atoms with Crippen molar-refractivity contribution in [3.8, 4) is 0 Å². The van der Waals surface area contributed by atoms with E-state index in [0.717, 1.165) is 24.2 Å². The van der Waals surface area contributed by atoms with E-state index in [1.807, 2.05) is 79.7 Å². The number of hydrogen-bond acceptors (Lipinski definition) is 4. The normalized spacial score (nSPS) is 13.1. The zero-order chi connectivity index (χ0) is 20.8. The molecule has 2 aromatic carbocycles. The lowest BCUT2D eigenvalue weighted by atomic mass is 10.1. The molecule has 0 aliphatic rings. The molecule has 0 aliphatic carbocycles. The van der Waals surface area contributed by atoms with E-state index in [0.29, 0.717) is 19.0 Å². The summed E-state index contributed by atoms with van der Waals surface area (Å²) in [5.41, 5.74) is 2.08. The zero-order valence-corrected chi connectivity index (χ0v) is 18.2. The summed E-state index contributed by atoms with van der Waals surface area (Å²) in [6, 6.07) is 19.6. The fourth-order valence-corrected chi connectivity index (χ4v) is 3.28. The summed E-state index contributed by atoms with van der Waals surface area (Å²) >= 11 is 11.9. The minimum atomic E-state index is -0.479. The molecule has 28 heavy (non-hydrogen) atoms. The molecule has 0 aromatic heterocycles. The predicted octanol–water partition coefficient (Wildman–Crippen LogP) is 3.78. The number of hydrogen-bond donors (Lipinski definition) is 2. The van der Waals surface area contributed by atoms with Crippen molar-refractivity contribution >= 4 is 23.2 Å². The lowest BCUT2D eigenvalue weighted by Gasteiger charge is -2.19. The van der Waals surface area contributed by atoms with Gasteiger partial charge in [0.15, 0.2) is 0 Å². The van der Waals surface area contributed by atoms with E-state index in [9.17, 15) is 5.11 Å².